The number of para-hydroxylation sites is 1. The van der Waals surface area contributed by atoms with Crippen LogP contribution < -0.4 is 10.1 Å². The van der Waals surface area contributed by atoms with Gasteiger partial charge in [0.05, 0.1) is 17.8 Å². The van der Waals surface area contributed by atoms with E-state index in [1.807, 2.05) is 0 Å². The topological polar surface area (TPSA) is 76.5 Å². The van der Waals surface area contributed by atoms with Crippen molar-refractivity contribution in [3.05, 3.63) is 47.8 Å². The summed E-state index contributed by atoms with van der Waals surface area (Å²) in [6, 6.07) is 6.95. The van der Waals surface area contributed by atoms with Crippen LogP contribution in [0.3, 0.4) is 0 Å². The van der Waals surface area contributed by atoms with Crippen LogP contribution in [0.4, 0.5) is 8.78 Å². The predicted molar refractivity (Wildman–Crippen MR) is 92.2 cm³/mol. The third-order valence-corrected chi connectivity index (χ3v) is 4.52. The summed E-state index contributed by atoms with van der Waals surface area (Å²) in [5.41, 5.74) is 0.846. The zero-order valence-corrected chi connectivity index (χ0v) is 14.8. The van der Waals surface area contributed by atoms with Crippen LogP contribution in [0.15, 0.2) is 36.5 Å². The first kappa shape index (κ1) is 18.8. The van der Waals surface area contributed by atoms with Gasteiger partial charge in [-0.25, -0.2) is 0 Å². The van der Waals surface area contributed by atoms with Crippen molar-refractivity contribution < 1.29 is 23.1 Å². The molecule has 2 amide bonds. The fourth-order valence-electron chi connectivity index (χ4n) is 3.15. The molecule has 1 aliphatic heterocycles. The monoisotopic (exact) mass is 378 g/mol. The molecule has 1 aromatic heterocycles. The van der Waals surface area contributed by atoms with E-state index in [9.17, 15) is 18.4 Å². The van der Waals surface area contributed by atoms with Crippen molar-refractivity contribution in [2.24, 2.45) is 7.05 Å². The number of amides is 2. The average Bonchev–Trinajstić information content (AvgIpc) is 3.28. The summed E-state index contributed by atoms with van der Waals surface area (Å²) in [6.07, 6.45) is 2.81. The number of ether oxygens (including phenoxy) is 1. The van der Waals surface area contributed by atoms with E-state index in [-0.39, 0.29) is 17.2 Å². The lowest BCUT2D eigenvalue weighted by atomic mass is 10.1. The van der Waals surface area contributed by atoms with E-state index in [0.717, 1.165) is 5.69 Å². The second-order valence-electron chi connectivity index (χ2n) is 6.20. The highest BCUT2D eigenvalue weighted by atomic mass is 19.3. The Labute approximate surface area is 154 Å². The van der Waals surface area contributed by atoms with E-state index in [2.05, 4.69) is 15.2 Å². The molecule has 2 heterocycles. The molecule has 0 spiro atoms. The molecule has 1 N–H and O–H groups in total. The third-order valence-electron chi connectivity index (χ3n) is 4.52. The van der Waals surface area contributed by atoms with Gasteiger partial charge in [-0.2, -0.15) is 13.9 Å². The quantitative estimate of drug-likeness (QED) is 0.834. The first-order chi connectivity index (χ1) is 13.0. The molecule has 1 fully saturated rings. The molecular formula is C18H20F2N4O3. The lowest BCUT2D eigenvalue weighted by molar-refractivity contribution is -0.125. The summed E-state index contributed by atoms with van der Waals surface area (Å²) in [5, 5.41) is 6.84. The molecule has 1 aliphatic rings. The number of halogens is 2. The molecule has 1 aromatic carbocycles. The van der Waals surface area contributed by atoms with Crippen molar-refractivity contribution in [2.45, 2.75) is 32.0 Å². The van der Waals surface area contributed by atoms with E-state index in [4.69, 9.17) is 0 Å². The molecule has 0 radical (unpaired) electrons. The standard InChI is InChI=1S/C18H20F2N4O3/c1-23-12(8-9-22-23)11-21-16(25)14-6-4-10-24(14)17(26)13-5-2-3-7-15(13)27-18(19)20/h2-3,5,7-9,14,18H,4,6,10-11H2,1H3,(H,21,25). The summed E-state index contributed by atoms with van der Waals surface area (Å²) in [6.45, 7) is -2.36. The highest BCUT2D eigenvalue weighted by Crippen LogP contribution is 2.26. The second kappa shape index (κ2) is 8.15. The molecule has 9 heteroatoms. The van der Waals surface area contributed by atoms with Gasteiger partial charge in [-0.3, -0.25) is 14.3 Å². The number of carbonyl (C=O) groups excluding carboxylic acids is 2. The van der Waals surface area contributed by atoms with E-state index in [1.165, 1.54) is 23.1 Å². The Hall–Kier alpha value is -2.97. The van der Waals surface area contributed by atoms with Gasteiger partial charge in [-0.05, 0) is 31.0 Å². The SMILES string of the molecule is Cn1nccc1CNC(=O)C1CCCN1C(=O)c1ccccc1OC(F)F. The summed E-state index contributed by atoms with van der Waals surface area (Å²) in [5.74, 6) is -0.975. The van der Waals surface area contributed by atoms with Gasteiger partial charge >= 0.3 is 6.61 Å². The molecule has 1 unspecified atom stereocenters. The smallest absolute Gasteiger partial charge is 0.387 e. The van der Waals surface area contributed by atoms with Crippen molar-refractivity contribution in [1.82, 2.24) is 20.0 Å². The second-order valence-corrected chi connectivity index (χ2v) is 6.20. The number of rotatable bonds is 6. The van der Waals surface area contributed by atoms with Gasteiger partial charge in [0.1, 0.15) is 11.8 Å². The highest BCUT2D eigenvalue weighted by Gasteiger charge is 2.35. The fraction of sp³-hybridized carbons (Fsp3) is 0.389. The van der Waals surface area contributed by atoms with Crippen LogP contribution in [-0.2, 0) is 18.4 Å². The summed E-state index contributed by atoms with van der Waals surface area (Å²) < 4.78 is 31.3. The molecular weight excluding hydrogens is 358 g/mol. The Morgan fingerprint density at radius 2 is 2.11 bits per heavy atom. The first-order valence-electron chi connectivity index (χ1n) is 8.56. The molecule has 3 rings (SSSR count). The fourth-order valence-corrected chi connectivity index (χ4v) is 3.15. The van der Waals surface area contributed by atoms with Crippen molar-refractivity contribution in [1.29, 1.82) is 0 Å². The van der Waals surface area contributed by atoms with Gasteiger partial charge in [0, 0.05) is 19.8 Å². The molecule has 1 saturated heterocycles. The van der Waals surface area contributed by atoms with E-state index < -0.39 is 18.6 Å². The number of nitrogens with zero attached hydrogens (tertiary/aromatic N) is 3. The molecule has 1 atom stereocenters. The number of aryl methyl sites for hydroxylation is 1. The van der Waals surface area contributed by atoms with Crippen LogP contribution in [0.5, 0.6) is 5.75 Å². The molecule has 144 valence electrons. The van der Waals surface area contributed by atoms with Crippen molar-refractivity contribution in [2.75, 3.05) is 6.54 Å². The number of alkyl halides is 2. The summed E-state index contributed by atoms with van der Waals surface area (Å²) >= 11 is 0. The number of nitrogens with one attached hydrogen (secondary N) is 1. The lowest BCUT2D eigenvalue weighted by Gasteiger charge is -2.25. The van der Waals surface area contributed by atoms with Crippen LogP contribution in [0.25, 0.3) is 0 Å². The van der Waals surface area contributed by atoms with Crippen molar-refractivity contribution in [3.8, 4) is 5.75 Å². The average molecular weight is 378 g/mol. The molecule has 0 aliphatic carbocycles. The molecule has 7 nitrogen and oxygen atoms in total. The number of aromatic nitrogens is 2. The van der Waals surface area contributed by atoms with Gasteiger partial charge in [0.15, 0.2) is 0 Å². The number of hydrogen-bond acceptors (Lipinski definition) is 4. The maximum absolute atomic E-state index is 12.9. The minimum absolute atomic E-state index is 0.0177. The Morgan fingerprint density at radius 1 is 1.33 bits per heavy atom. The minimum Gasteiger partial charge on any atom is -0.434 e. The van der Waals surface area contributed by atoms with Crippen molar-refractivity contribution in [3.63, 3.8) is 0 Å². The number of carbonyl (C=O) groups is 2. The van der Waals surface area contributed by atoms with Crippen LogP contribution in [0, 0.1) is 0 Å². The Balaban J connectivity index is 1.71. The lowest BCUT2D eigenvalue weighted by Crippen LogP contribution is -2.46. The Bertz CT molecular complexity index is 824. The van der Waals surface area contributed by atoms with E-state index in [0.29, 0.717) is 25.9 Å². The largest absolute Gasteiger partial charge is 0.434 e. The Kier molecular flexibility index (Phi) is 5.68. The molecule has 2 aromatic rings. The third kappa shape index (κ3) is 4.24. The van der Waals surface area contributed by atoms with Gasteiger partial charge in [0.2, 0.25) is 5.91 Å². The molecule has 0 bridgehead atoms. The maximum Gasteiger partial charge on any atom is 0.387 e. The zero-order chi connectivity index (χ0) is 19.4. The van der Waals surface area contributed by atoms with Gasteiger partial charge in [-0.15, -0.1) is 0 Å². The minimum atomic E-state index is -3.03. The molecule has 27 heavy (non-hydrogen) atoms. The van der Waals surface area contributed by atoms with Gasteiger partial charge in [-0.1, -0.05) is 12.1 Å². The summed E-state index contributed by atoms with van der Waals surface area (Å²) in [7, 11) is 1.77. The predicted octanol–water partition coefficient (Wildman–Crippen LogP) is 1.94. The van der Waals surface area contributed by atoms with Gasteiger partial charge in [0.25, 0.3) is 5.91 Å². The number of likely N-dealkylation sites (tertiary alicyclic amines) is 1. The maximum atomic E-state index is 12.9. The summed E-state index contributed by atoms with van der Waals surface area (Å²) in [4.78, 5) is 26.8. The van der Waals surface area contributed by atoms with Crippen LogP contribution in [-0.4, -0.2) is 45.7 Å². The zero-order valence-electron chi connectivity index (χ0n) is 14.8. The van der Waals surface area contributed by atoms with Crippen molar-refractivity contribution >= 4 is 11.8 Å². The number of benzene rings is 1. The first-order valence-corrected chi connectivity index (χ1v) is 8.56. The van der Waals surface area contributed by atoms with Crippen LogP contribution in [0.1, 0.15) is 28.9 Å². The highest BCUT2D eigenvalue weighted by molar-refractivity contribution is 6.00. The number of hydrogen-bond donors (Lipinski definition) is 1. The normalized spacial score (nSPS) is 16.6. The van der Waals surface area contributed by atoms with Gasteiger partial charge < -0.3 is 15.0 Å². The van der Waals surface area contributed by atoms with Crippen LogP contribution in [0.2, 0.25) is 0 Å². The van der Waals surface area contributed by atoms with E-state index in [1.54, 1.807) is 30.1 Å². The molecule has 0 saturated carbocycles. The van der Waals surface area contributed by atoms with Crippen LogP contribution >= 0.6 is 0 Å². The van der Waals surface area contributed by atoms with E-state index >= 15 is 0 Å². The Morgan fingerprint density at radius 3 is 2.81 bits per heavy atom.